The lowest BCUT2D eigenvalue weighted by molar-refractivity contribution is 0.458. The number of fused-ring (bicyclic) bond motifs is 1. The van der Waals surface area contributed by atoms with Gasteiger partial charge in [0.1, 0.15) is 23.2 Å². The van der Waals surface area contributed by atoms with Crippen LogP contribution in [0.15, 0.2) is 48.5 Å². The molecule has 0 aliphatic rings. The Morgan fingerprint density at radius 1 is 1.14 bits per heavy atom. The number of nitrogens with zero attached hydrogens (tertiary/aromatic N) is 2. The van der Waals surface area contributed by atoms with Crippen LogP contribution in [0.3, 0.4) is 0 Å². The van der Waals surface area contributed by atoms with Crippen molar-refractivity contribution in [2.45, 2.75) is 6.92 Å². The third kappa shape index (κ3) is 2.54. The zero-order valence-electron chi connectivity index (χ0n) is 11.3. The summed E-state index contributed by atoms with van der Waals surface area (Å²) in [6, 6.07) is 15.5. The molecule has 102 valence electrons. The molecule has 0 unspecified atom stereocenters. The summed E-state index contributed by atoms with van der Waals surface area (Å²) in [6.07, 6.45) is 0. The maximum absolute atomic E-state index is 13.1. The number of aromatic nitrogens is 1. The van der Waals surface area contributed by atoms with Crippen molar-refractivity contribution < 1.29 is 9.13 Å². The van der Waals surface area contributed by atoms with Gasteiger partial charge in [-0.15, -0.1) is 0 Å². The van der Waals surface area contributed by atoms with Crippen LogP contribution in [0.1, 0.15) is 11.1 Å². The molecule has 3 rings (SSSR count). The quantitative estimate of drug-likeness (QED) is 0.700. The summed E-state index contributed by atoms with van der Waals surface area (Å²) in [6.45, 7) is 1.74. The summed E-state index contributed by atoms with van der Waals surface area (Å²) < 4.78 is 18.8. The Hall–Kier alpha value is -2.93. The molecule has 0 radical (unpaired) electrons. The second-order valence-electron chi connectivity index (χ2n) is 4.66. The standard InChI is InChI=1S/C17H11FN2O/c1-11-8-14(18)6-7-16(11)21-17-13(10-19)9-12-4-2-3-5-15(12)20-17/h2-9H,1H3. The first-order valence-corrected chi connectivity index (χ1v) is 6.41. The van der Waals surface area contributed by atoms with Gasteiger partial charge in [-0.25, -0.2) is 9.37 Å². The van der Waals surface area contributed by atoms with E-state index in [2.05, 4.69) is 11.1 Å². The third-order valence-corrected chi connectivity index (χ3v) is 3.15. The molecule has 0 spiro atoms. The van der Waals surface area contributed by atoms with Crippen LogP contribution in [0.25, 0.3) is 10.9 Å². The summed E-state index contributed by atoms with van der Waals surface area (Å²) in [4.78, 5) is 4.37. The van der Waals surface area contributed by atoms with Crippen molar-refractivity contribution in [2.75, 3.05) is 0 Å². The number of ether oxygens (including phenoxy) is 1. The molecule has 0 N–H and O–H groups in total. The van der Waals surface area contributed by atoms with Gasteiger partial charge in [0.25, 0.3) is 0 Å². The Labute approximate surface area is 121 Å². The molecule has 0 saturated carbocycles. The van der Waals surface area contributed by atoms with Gasteiger partial charge >= 0.3 is 0 Å². The Morgan fingerprint density at radius 3 is 2.71 bits per heavy atom. The molecule has 0 bridgehead atoms. The largest absolute Gasteiger partial charge is 0.437 e. The zero-order valence-corrected chi connectivity index (χ0v) is 11.3. The van der Waals surface area contributed by atoms with Gasteiger partial charge in [0.2, 0.25) is 5.88 Å². The van der Waals surface area contributed by atoms with Gasteiger partial charge in [0, 0.05) is 5.39 Å². The molecule has 2 aromatic carbocycles. The van der Waals surface area contributed by atoms with Gasteiger partial charge in [-0.2, -0.15) is 5.26 Å². The molecule has 1 heterocycles. The summed E-state index contributed by atoms with van der Waals surface area (Å²) in [7, 11) is 0. The van der Waals surface area contributed by atoms with Crippen LogP contribution in [0.2, 0.25) is 0 Å². The predicted octanol–water partition coefficient (Wildman–Crippen LogP) is 4.35. The molecule has 0 aliphatic heterocycles. The Bertz CT molecular complexity index is 868. The van der Waals surface area contributed by atoms with Crippen LogP contribution in [0.4, 0.5) is 4.39 Å². The van der Waals surface area contributed by atoms with Gasteiger partial charge < -0.3 is 4.74 Å². The number of hydrogen-bond donors (Lipinski definition) is 0. The molecule has 3 aromatic rings. The van der Waals surface area contributed by atoms with E-state index in [0.717, 1.165) is 10.9 Å². The zero-order chi connectivity index (χ0) is 14.8. The van der Waals surface area contributed by atoms with E-state index in [9.17, 15) is 9.65 Å². The average molecular weight is 278 g/mol. The van der Waals surface area contributed by atoms with Crippen LogP contribution in [-0.2, 0) is 0 Å². The molecular formula is C17H11FN2O. The first-order chi connectivity index (χ1) is 10.2. The summed E-state index contributed by atoms with van der Waals surface area (Å²) >= 11 is 0. The Morgan fingerprint density at radius 2 is 1.95 bits per heavy atom. The minimum absolute atomic E-state index is 0.228. The van der Waals surface area contributed by atoms with Gasteiger partial charge in [-0.3, -0.25) is 0 Å². The number of benzene rings is 2. The van der Waals surface area contributed by atoms with Crippen molar-refractivity contribution >= 4 is 10.9 Å². The predicted molar refractivity (Wildman–Crippen MR) is 77.7 cm³/mol. The van der Waals surface area contributed by atoms with E-state index in [1.54, 1.807) is 13.0 Å². The first-order valence-electron chi connectivity index (χ1n) is 6.41. The highest BCUT2D eigenvalue weighted by Crippen LogP contribution is 2.28. The van der Waals surface area contributed by atoms with Crippen LogP contribution in [-0.4, -0.2) is 4.98 Å². The summed E-state index contributed by atoms with van der Waals surface area (Å²) in [5, 5.41) is 10.1. The van der Waals surface area contributed by atoms with E-state index in [0.29, 0.717) is 16.9 Å². The van der Waals surface area contributed by atoms with E-state index in [4.69, 9.17) is 4.74 Å². The molecule has 4 heteroatoms. The van der Waals surface area contributed by atoms with E-state index >= 15 is 0 Å². The smallest absolute Gasteiger partial charge is 0.237 e. The van der Waals surface area contributed by atoms with Crippen molar-refractivity contribution in [3.05, 3.63) is 65.5 Å². The second kappa shape index (κ2) is 5.22. The molecule has 0 aliphatic carbocycles. The van der Waals surface area contributed by atoms with Crippen molar-refractivity contribution in [1.82, 2.24) is 4.98 Å². The van der Waals surface area contributed by atoms with Crippen molar-refractivity contribution in [3.8, 4) is 17.7 Å². The molecule has 0 saturated heterocycles. The second-order valence-corrected chi connectivity index (χ2v) is 4.66. The highest BCUT2D eigenvalue weighted by molar-refractivity contribution is 5.81. The van der Waals surface area contributed by atoms with E-state index in [1.165, 1.54) is 18.2 Å². The van der Waals surface area contributed by atoms with E-state index in [-0.39, 0.29) is 11.7 Å². The monoisotopic (exact) mass is 278 g/mol. The molecular weight excluding hydrogens is 267 g/mol. The van der Waals surface area contributed by atoms with Crippen LogP contribution in [0, 0.1) is 24.1 Å². The van der Waals surface area contributed by atoms with Crippen molar-refractivity contribution in [2.24, 2.45) is 0 Å². The van der Waals surface area contributed by atoms with E-state index < -0.39 is 0 Å². The fourth-order valence-electron chi connectivity index (χ4n) is 2.09. The minimum atomic E-state index is -0.327. The molecule has 0 amide bonds. The Balaban J connectivity index is 2.09. The lowest BCUT2D eigenvalue weighted by Crippen LogP contribution is -1.95. The number of hydrogen-bond acceptors (Lipinski definition) is 3. The van der Waals surface area contributed by atoms with Gasteiger partial charge in [-0.05, 0) is 42.8 Å². The van der Waals surface area contributed by atoms with Gasteiger partial charge in [0.05, 0.1) is 5.52 Å². The maximum atomic E-state index is 13.1. The highest BCUT2D eigenvalue weighted by atomic mass is 19.1. The molecule has 1 aromatic heterocycles. The highest BCUT2D eigenvalue weighted by Gasteiger charge is 2.10. The lowest BCUT2D eigenvalue weighted by Gasteiger charge is -2.10. The summed E-state index contributed by atoms with van der Waals surface area (Å²) in [5.41, 5.74) is 1.73. The van der Waals surface area contributed by atoms with Crippen LogP contribution in [0.5, 0.6) is 11.6 Å². The minimum Gasteiger partial charge on any atom is -0.437 e. The van der Waals surface area contributed by atoms with Crippen molar-refractivity contribution in [1.29, 1.82) is 5.26 Å². The van der Waals surface area contributed by atoms with Crippen LogP contribution < -0.4 is 4.74 Å². The number of aryl methyl sites for hydroxylation is 1. The van der Waals surface area contributed by atoms with Gasteiger partial charge in [-0.1, -0.05) is 18.2 Å². The molecule has 0 atom stereocenters. The summed E-state index contributed by atoms with van der Waals surface area (Å²) in [5.74, 6) is 0.383. The lowest BCUT2D eigenvalue weighted by atomic mass is 10.1. The normalized spacial score (nSPS) is 10.3. The SMILES string of the molecule is Cc1cc(F)ccc1Oc1nc2ccccc2cc1C#N. The number of para-hydroxylation sites is 1. The van der Waals surface area contributed by atoms with E-state index in [1.807, 2.05) is 24.3 Å². The van der Waals surface area contributed by atoms with Crippen molar-refractivity contribution in [3.63, 3.8) is 0 Å². The van der Waals surface area contributed by atoms with Gasteiger partial charge in [0.15, 0.2) is 0 Å². The number of pyridine rings is 1. The average Bonchev–Trinajstić information content (AvgIpc) is 2.49. The Kier molecular flexibility index (Phi) is 3.25. The molecule has 0 fully saturated rings. The third-order valence-electron chi connectivity index (χ3n) is 3.15. The number of nitriles is 1. The van der Waals surface area contributed by atoms with Crippen LogP contribution >= 0.6 is 0 Å². The first kappa shape index (κ1) is 13.1. The molecule has 21 heavy (non-hydrogen) atoms. The fraction of sp³-hybridized carbons (Fsp3) is 0.0588. The topological polar surface area (TPSA) is 45.9 Å². The number of halogens is 1. The fourth-order valence-corrected chi connectivity index (χ4v) is 2.09. The number of rotatable bonds is 2. The molecule has 3 nitrogen and oxygen atoms in total. The maximum Gasteiger partial charge on any atom is 0.237 e.